The van der Waals surface area contributed by atoms with Crippen molar-refractivity contribution in [2.24, 2.45) is 0 Å². The van der Waals surface area contributed by atoms with Crippen LogP contribution in [0.25, 0.3) is 0 Å². The molecule has 0 aliphatic heterocycles. The van der Waals surface area contributed by atoms with Crippen molar-refractivity contribution in [1.82, 2.24) is 10.3 Å². The second-order valence-corrected chi connectivity index (χ2v) is 5.87. The molecule has 0 radical (unpaired) electrons. The first kappa shape index (κ1) is 18.1. The third-order valence-electron chi connectivity index (χ3n) is 3.81. The summed E-state index contributed by atoms with van der Waals surface area (Å²) < 4.78 is 5.70. The summed E-state index contributed by atoms with van der Waals surface area (Å²) in [4.78, 5) is 27.2. The molecule has 0 aliphatic rings. The number of nitrogens with one attached hydrogen (secondary N) is 2. The largest absolute Gasteiger partial charge is 0.457 e. The third kappa shape index (κ3) is 5.40. The second kappa shape index (κ2) is 8.62. The quantitative estimate of drug-likeness (QED) is 0.638. The van der Waals surface area contributed by atoms with Crippen LogP contribution in [0.3, 0.4) is 0 Å². The van der Waals surface area contributed by atoms with Gasteiger partial charge < -0.3 is 15.4 Å². The lowest BCUT2D eigenvalue weighted by molar-refractivity contribution is 0.101. The monoisotopic (exact) mass is 361 g/mol. The van der Waals surface area contributed by atoms with Crippen LogP contribution >= 0.6 is 0 Å². The highest BCUT2D eigenvalue weighted by Crippen LogP contribution is 2.20. The standard InChI is InChI=1S/C21H19N3O3/c1-15(25)17-4-6-18(7-5-17)24-21(26)23-14-16-2-8-19(9-3-16)27-20-10-12-22-13-11-20/h2-13H,14H2,1H3,(H2,23,24,26). The predicted molar refractivity (Wildman–Crippen MR) is 103 cm³/mol. The van der Waals surface area contributed by atoms with Gasteiger partial charge in [-0.3, -0.25) is 9.78 Å². The first-order chi connectivity index (χ1) is 13.1. The zero-order chi connectivity index (χ0) is 19.1. The molecular weight excluding hydrogens is 342 g/mol. The van der Waals surface area contributed by atoms with Crippen LogP contribution in [0.4, 0.5) is 10.5 Å². The molecule has 0 aliphatic carbocycles. The first-order valence-corrected chi connectivity index (χ1v) is 8.43. The number of carbonyl (C=O) groups excluding carboxylic acids is 2. The molecule has 136 valence electrons. The number of ether oxygens (including phenoxy) is 1. The number of rotatable bonds is 6. The van der Waals surface area contributed by atoms with Crippen LogP contribution < -0.4 is 15.4 Å². The number of benzene rings is 2. The molecule has 1 aromatic heterocycles. The summed E-state index contributed by atoms with van der Waals surface area (Å²) in [5.41, 5.74) is 2.17. The van der Waals surface area contributed by atoms with Gasteiger partial charge in [0.2, 0.25) is 0 Å². The zero-order valence-electron chi connectivity index (χ0n) is 14.8. The molecule has 0 spiro atoms. The summed E-state index contributed by atoms with van der Waals surface area (Å²) in [6.07, 6.45) is 3.33. The van der Waals surface area contributed by atoms with Crippen molar-refractivity contribution < 1.29 is 14.3 Å². The number of anilines is 1. The van der Waals surface area contributed by atoms with Crippen LogP contribution in [-0.2, 0) is 6.54 Å². The predicted octanol–water partition coefficient (Wildman–Crippen LogP) is 4.40. The van der Waals surface area contributed by atoms with Crippen molar-refractivity contribution in [1.29, 1.82) is 0 Å². The fourth-order valence-electron chi connectivity index (χ4n) is 2.36. The first-order valence-electron chi connectivity index (χ1n) is 8.43. The minimum Gasteiger partial charge on any atom is -0.457 e. The van der Waals surface area contributed by atoms with E-state index in [4.69, 9.17) is 4.74 Å². The fourth-order valence-corrected chi connectivity index (χ4v) is 2.36. The van der Waals surface area contributed by atoms with E-state index in [0.29, 0.717) is 29.3 Å². The van der Waals surface area contributed by atoms with Gasteiger partial charge in [-0.15, -0.1) is 0 Å². The number of ketones is 1. The van der Waals surface area contributed by atoms with E-state index in [-0.39, 0.29) is 11.8 Å². The zero-order valence-corrected chi connectivity index (χ0v) is 14.8. The summed E-state index contributed by atoms with van der Waals surface area (Å²) in [6, 6.07) is 17.5. The molecular formula is C21H19N3O3. The van der Waals surface area contributed by atoms with Crippen LogP contribution in [0, 0.1) is 0 Å². The van der Waals surface area contributed by atoms with Crippen LogP contribution in [0.5, 0.6) is 11.5 Å². The Morgan fingerprint density at radius 1 is 0.889 bits per heavy atom. The Balaban J connectivity index is 1.49. The molecule has 3 rings (SSSR count). The maximum absolute atomic E-state index is 12.0. The number of carbonyl (C=O) groups is 2. The number of Topliss-reactive ketones (excluding diaryl/α,β-unsaturated/α-hetero) is 1. The number of aromatic nitrogens is 1. The van der Waals surface area contributed by atoms with Crippen molar-refractivity contribution in [3.63, 3.8) is 0 Å². The summed E-state index contributed by atoms with van der Waals surface area (Å²) in [6.45, 7) is 1.88. The molecule has 3 aromatic rings. The molecule has 0 unspecified atom stereocenters. The number of amides is 2. The smallest absolute Gasteiger partial charge is 0.319 e. The minimum atomic E-state index is -0.317. The Morgan fingerprint density at radius 3 is 2.15 bits per heavy atom. The van der Waals surface area contributed by atoms with Crippen molar-refractivity contribution in [3.8, 4) is 11.5 Å². The molecule has 0 fully saturated rings. The molecule has 27 heavy (non-hydrogen) atoms. The number of hydrogen-bond donors (Lipinski definition) is 2. The summed E-state index contributed by atoms with van der Waals surface area (Å²) in [5.74, 6) is 1.41. The molecule has 2 amide bonds. The lowest BCUT2D eigenvalue weighted by Gasteiger charge is -2.09. The Kier molecular flexibility index (Phi) is 5.79. The third-order valence-corrected chi connectivity index (χ3v) is 3.81. The van der Waals surface area contributed by atoms with Crippen molar-refractivity contribution >= 4 is 17.5 Å². The van der Waals surface area contributed by atoms with E-state index in [9.17, 15) is 9.59 Å². The van der Waals surface area contributed by atoms with Crippen molar-refractivity contribution in [2.45, 2.75) is 13.5 Å². The van der Waals surface area contributed by atoms with Gasteiger partial charge in [0.1, 0.15) is 11.5 Å². The van der Waals surface area contributed by atoms with E-state index in [2.05, 4.69) is 15.6 Å². The molecule has 0 saturated heterocycles. The van der Waals surface area contributed by atoms with Gasteiger partial charge in [-0.25, -0.2) is 4.79 Å². The van der Waals surface area contributed by atoms with E-state index in [1.54, 1.807) is 48.8 Å². The molecule has 6 nitrogen and oxygen atoms in total. The Bertz CT molecular complexity index is 908. The number of urea groups is 1. The van der Waals surface area contributed by atoms with Crippen LogP contribution in [-0.4, -0.2) is 16.8 Å². The van der Waals surface area contributed by atoms with Crippen LogP contribution in [0.2, 0.25) is 0 Å². The van der Waals surface area contributed by atoms with Gasteiger partial charge in [0.25, 0.3) is 0 Å². The molecule has 0 bridgehead atoms. The van der Waals surface area contributed by atoms with E-state index in [0.717, 1.165) is 5.56 Å². The summed E-state index contributed by atoms with van der Waals surface area (Å²) >= 11 is 0. The van der Waals surface area contributed by atoms with Gasteiger partial charge >= 0.3 is 6.03 Å². The minimum absolute atomic E-state index is 0.0117. The maximum atomic E-state index is 12.0. The molecule has 6 heteroatoms. The van der Waals surface area contributed by atoms with Crippen molar-refractivity contribution in [3.05, 3.63) is 84.2 Å². The molecule has 0 atom stereocenters. The number of nitrogens with zero attached hydrogens (tertiary/aromatic N) is 1. The Labute approximate surface area is 157 Å². The van der Waals surface area contributed by atoms with Crippen molar-refractivity contribution in [2.75, 3.05) is 5.32 Å². The van der Waals surface area contributed by atoms with E-state index < -0.39 is 0 Å². The van der Waals surface area contributed by atoms with Gasteiger partial charge in [0.05, 0.1) is 0 Å². The Hall–Kier alpha value is -3.67. The fraction of sp³-hybridized carbons (Fsp3) is 0.0952. The van der Waals surface area contributed by atoms with Crippen LogP contribution in [0.1, 0.15) is 22.8 Å². The SMILES string of the molecule is CC(=O)c1ccc(NC(=O)NCc2ccc(Oc3ccncc3)cc2)cc1. The highest BCUT2D eigenvalue weighted by molar-refractivity contribution is 5.95. The average Bonchev–Trinajstić information content (AvgIpc) is 2.69. The normalized spacial score (nSPS) is 10.1. The second-order valence-electron chi connectivity index (χ2n) is 5.87. The average molecular weight is 361 g/mol. The summed E-state index contributed by atoms with van der Waals surface area (Å²) in [7, 11) is 0. The number of pyridine rings is 1. The van der Waals surface area contributed by atoms with Gasteiger partial charge in [-0.2, -0.15) is 0 Å². The van der Waals surface area contributed by atoms with E-state index in [1.165, 1.54) is 6.92 Å². The Morgan fingerprint density at radius 2 is 1.52 bits per heavy atom. The van der Waals surface area contributed by atoms with Gasteiger partial charge in [0, 0.05) is 30.2 Å². The topological polar surface area (TPSA) is 80.3 Å². The molecule has 0 saturated carbocycles. The number of hydrogen-bond acceptors (Lipinski definition) is 4. The maximum Gasteiger partial charge on any atom is 0.319 e. The van der Waals surface area contributed by atoms with E-state index >= 15 is 0 Å². The summed E-state index contributed by atoms with van der Waals surface area (Å²) in [5, 5.41) is 5.52. The van der Waals surface area contributed by atoms with Gasteiger partial charge in [-0.1, -0.05) is 12.1 Å². The highest BCUT2D eigenvalue weighted by atomic mass is 16.5. The lowest BCUT2D eigenvalue weighted by atomic mass is 10.1. The molecule has 2 N–H and O–H groups in total. The molecule has 2 aromatic carbocycles. The van der Waals surface area contributed by atoms with Gasteiger partial charge in [-0.05, 0) is 61.0 Å². The lowest BCUT2D eigenvalue weighted by Crippen LogP contribution is -2.28. The molecule has 1 heterocycles. The van der Waals surface area contributed by atoms with E-state index in [1.807, 2.05) is 24.3 Å². The van der Waals surface area contributed by atoms with Gasteiger partial charge in [0.15, 0.2) is 5.78 Å². The van der Waals surface area contributed by atoms with Crippen LogP contribution in [0.15, 0.2) is 73.1 Å². The highest BCUT2D eigenvalue weighted by Gasteiger charge is 2.04.